The van der Waals surface area contributed by atoms with Crippen LogP contribution in [-0.4, -0.2) is 24.0 Å². The zero-order valence-corrected chi connectivity index (χ0v) is 19.1. The molecule has 4 nitrogen and oxygen atoms in total. The van der Waals surface area contributed by atoms with Gasteiger partial charge in [-0.15, -0.1) is 11.3 Å². The summed E-state index contributed by atoms with van der Waals surface area (Å²) in [6.07, 6.45) is 0.372. The fourth-order valence-corrected chi connectivity index (χ4v) is 4.88. The van der Waals surface area contributed by atoms with E-state index < -0.39 is 24.0 Å². The third-order valence-corrected chi connectivity index (χ3v) is 7.01. The molecule has 1 fully saturated rings. The van der Waals surface area contributed by atoms with Gasteiger partial charge in [0.25, 0.3) is 0 Å². The molecule has 3 rings (SSSR count). The second-order valence-corrected chi connectivity index (χ2v) is 9.31. The first kappa shape index (κ1) is 24.3. The molecule has 1 aliphatic rings. The number of anilines is 1. The SMILES string of the molecule is CCC(C)c1ccc(N(C(=O)C(F)(F)F)C(C(=O)NC2CCCCC2)c2cccs2)cc1. The minimum Gasteiger partial charge on any atom is -0.351 e. The summed E-state index contributed by atoms with van der Waals surface area (Å²) in [5.74, 6) is -2.40. The molecule has 0 bridgehead atoms. The van der Waals surface area contributed by atoms with Crippen LogP contribution in [0.25, 0.3) is 0 Å². The maximum Gasteiger partial charge on any atom is 0.471 e. The van der Waals surface area contributed by atoms with Crippen LogP contribution in [0.1, 0.15) is 74.8 Å². The molecule has 2 unspecified atom stereocenters. The molecule has 2 aromatic rings. The van der Waals surface area contributed by atoms with E-state index in [-0.39, 0.29) is 17.6 Å². The van der Waals surface area contributed by atoms with E-state index in [2.05, 4.69) is 5.32 Å². The van der Waals surface area contributed by atoms with Crippen LogP contribution in [0.5, 0.6) is 0 Å². The third kappa shape index (κ3) is 5.71. The maximum atomic E-state index is 13.7. The predicted octanol–water partition coefficient (Wildman–Crippen LogP) is 6.35. The van der Waals surface area contributed by atoms with Gasteiger partial charge in [0.15, 0.2) is 6.04 Å². The molecule has 0 spiro atoms. The van der Waals surface area contributed by atoms with Crippen molar-refractivity contribution in [2.45, 2.75) is 76.6 Å². The normalized spacial score (nSPS) is 16.9. The van der Waals surface area contributed by atoms with Gasteiger partial charge in [-0.25, -0.2) is 0 Å². The summed E-state index contributed by atoms with van der Waals surface area (Å²) < 4.78 is 41.0. The Bertz CT molecular complexity index is 891. The largest absolute Gasteiger partial charge is 0.471 e. The van der Waals surface area contributed by atoms with Crippen molar-refractivity contribution in [1.82, 2.24) is 5.32 Å². The molecular weight excluding hydrogens is 437 g/mol. The van der Waals surface area contributed by atoms with E-state index in [1.165, 1.54) is 12.1 Å². The highest BCUT2D eigenvalue weighted by molar-refractivity contribution is 7.10. The standard InChI is InChI=1S/C24H29F3N2O2S/c1-3-16(2)17-11-13-19(14-12-17)29(23(31)24(25,26)27)21(20-10-7-15-32-20)22(30)28-18-8-5-4-6-9-18/h7,10-16,18,21H,3-6,8-9H2,1-2H3,(H,28,30). The first-order chi connectivity index (χ1) is 15.2. The van der Waals surface area contributed by atoms with E-state index >= 15 is 0 Å². The molecule has 2 atom stereocenters. The van der Waals surface area contributed by atoms with Crippen LogP contribution in [0.3, 0.4) is 0 Å². The lowest BCUT2D eigenvalue weighted by Gasteiger charge is -2.33. The first-order valence-electron chi connectivity index (χ1n) is 11.1. The second kappa shape index (κ2) is 10.5. The number of carbonyl (C=O) groups is 2. The Morgan fingerprint density at radius 2 is 1.78 bits per heavy atom. The smallest absolute Gasteiger partial charge is 0.351 e. The van der Waals surface area contributed by atoms with E-state index in [9.17, 15) is 22.8 Å². The Kier molecular flexibility index (Phi) is 7.98. The average molecular weight is 467 g/mol. The van der Waals surface area contributed by atoms with Crippen molar-refractivity contribution in [2.75, 3.05) is 4.90 Å². The Morgan fingerprint density at radius 3 is 2.31 bits per heavy atom. The molecular formula is C24H29F3N2O2S. The monoisotopic (exact) mass is 466 g/mol. The van der Waals surface area contributed by atoms with Crippen molar-refractivity contribution >= 4 is 28.8 Å². The average Bonchev–Trinajstić information content (AvgIpc) is 3.30. The summed E-state index contributed by atoms with van der Waals surface area (Å²) >= 11 is 1.16. The van der Waals surface area contributed by atoms with Crippen LogP contribution >= 0.6 is 11.3 Å². The highest BCUT2D eigenvalue weighted by Gasteiger charge is 2.47. The van der Waals surface area contributed by atoms with Crippen LogP contribution in [0, 0.1) is 0 Å². The molecule has 0 radical (unpaired) electrons. The molecule has 174 valence electrons. The van der Waals surface area contributed by atoms with Crippen molar-refractivity contribution in [3.63, 3.8) is 0 Å². The molecule has 8 heteroatoms. The zero-order valence-electron chi connectivity index (χ0n) is 18.3. The lowest BCUT2D eigenvalue weighted by atomic mass is 9.95. The number of amides is 2. The van der Waals surface area contributed by atoms with Gasteiger partial charge in [0, 0.05) is 16.6 Å². The highest BCUT2D eigenvalue weighted by Crippen LogP contribution is 2.35. The van der Waals surface area contributed by atoms with Crippen LogP contribution in [0.4, 0.5) is 18.9 Å². The van der Waals surface area contributed by atoms with Crippen molar-refractivity contribution in [3.8, 4) is 0 Å². The summed E-state index contributed by atoms with van der Waals surface area (Å²) in [6.45, 7) is 4.06. The number of benzene rings is 1. The summed E-state index contributed by atoms with van der Waals surface area (Å²) in [4.78, 5) is 26.9. The molecule has 1 aliphatic carbocycles. The van der Waals surface area contributed by atoms with Crippen molar-refractivity contribution in [2.24, 2.45) is 0 Å². The Morgan fingerprint density at radius 1 is 1.12 bits per heavy atom. The molecule has 1 heterocycles. The van der Waals surface area contributed by atoms with E-state index in [4.69, 9.17) is 0 Å². The van der Waals surface area contributed by atoms with Crippen molar-refractivity contribution < 1.29 is 22.8 Å². The van der Waals surface area contributed by atoms with Crippen LogP contribution in [0.2, 0.25) is 0 Å². The van der Waals surface area contributed by atoms with Gasteiger partial charge in [-0.2, -0.15) is 13.2 Å². The fourth-order valence-electron chi connectivity index (χ4n) is 4.07. The van der Waals surface area contributed by atoms with Gasteiger partial charge in [0.1, 0.15) is 0 Å². The number of hydrogen-bond acceptors (Lipinski definition) is 3. The van der Waals surface area contributed by atoms with Gasteiger partial charge in [-0.05, 0) is 54.3 Å². The summed E-state index contributed by atoms with van der Waals surface area (Å²) in [7, 11) is 0. The van der Waals surface area contributed by atoms with E-state index in [1.807, 2.05) is 13.8 Å². The second-order valence-electron chi connectivity index (χ2n) is 8.34. The molecule has 1 aromatic heterocycles. The Hall–Kier alpha value is -2.35. The lowest BCUT2D eigenvalue weighted by Crippen LogP contribution is -2.50. The fraction of sp³-hybridized carbons (Fsp3) is 0.500. The van der Waals surface area contributed by atoms with Gasteiger partial charge < -0.3 is 5.32 Å². The van der Waals surface area contributed by atoms with Crippen molar-refractivity contribution in [1.29, 1.82) is 0 Å². The maximum absolute atomic E-state index is 13.7. The first-order valence-corrected chi connectivity index (χ1v) is 11.9. The zero-order chi connectivity index (χ0) is 23.3. The number of alkyl halides is 3. The van der Waals surface area contributed by atoms with Gasteiger partial charge in [-0.3, -0.25) is 14.5 Å². The van der Waals surface area contributed by atoms with Gasteiger partial charge >= 0.3 is 12.1 Å². The van der Waals surface area contributed by atoms with Gasteiger partial charge in [0.05, 0.1) is 0 Å². The third-order valence-electron chi connectivity index (χ3n) is 6.08. The van der Waals surface area contributed by atoms with Crippen LogP contribution in [-0.2, 0) is 9.59 Å². The van der Waals surface area contributed by atoms with E-state index in [0.29, 0.717) is 9.78 Å². The molecule has 0 saturated heterocycles. The number of halogens is 3. The molecule has 1 aromatic carbocycles. The Balaban J connectivity index is 2.01. The molecule has 2 amide bonds. The predicted molar refractivity (Wildman–Crippen MR) is 121 cm³/mol. The molecule has 1 N–H and O–H groups in total. The van der Waals surface area contributed by atoms with E-state index in [1.54, 1.807) is 29.6 Å². The van der Waals surface area contributed by atoms with Gasteiger partial charge in [0.2, 0.25) is 5.91 Å². The summed E-state index contributed by atoms with van der Waals surface area (Å²) in [5, 5.41) is 4.60. The molecule has 1 saturated carbocycles. The van der Waals surface area contributed by atoms with Crippen molar-refractivity contribution in [3.05, 3.63) is 52.2 Å². The number of carbonyl (C=O) groups excluding carboxylic acids is 2. The Labute approximate surface area is 190 Å². The summed E-state index contributed by atoms with van der Waals surface area (Å²) in [6, 6.07) is 8.24. The number of thiophene rings is 1. The molecule has 32 heavy (non-hydrogen) atoms. The lowest BCUT2D eigenvalue weighted by molar-refractivity contribution is -0.171. The number of nitrogens with one attached hydrogen (secondary N) is 1. The van der Waals surface area contributed by atoms with Crippen LogP contribution in [0.15, 0.2) is 41.8 Å². The summed E-state index contributed by atoms with van der Waals surface area (Å²) in [5.41, 5.74) is 1.02. The minimum atomic E-state index is -5.12. The minimum absolute atomic E-state index is 0.0524. The number of hydrogen-bond donors (Lipinski definition) is 1. The van der Waals surface area contributed by atoms with E-state index in [0.717, 1.165) is 55.4 Å². The topological polar surface area (TPSA) is 49.4 Å². The quantitative estimate of drug-likeness (QED) is 0.517. The number of nitrogens with zero attached hydrogens (tertiary/aromatic N) is 1. The highest BCUT2D eigenvalue weighted by atomic mass is 32.1. The molecule has 0 aliphatic heterocycles. The number of rotatable bonds is 7. The van der Waals surface area contributed by atoms with Crippen LogP contribution < -0.4 is 10.2 Å². The van der Waals surface area contributed by atoms with Gasteiger partial charge in [-0.1, -0.05) is 51.3 Å².